The molecule has 0 bridgehead atoms. The summed E-state index contributed by atoms with van der Waals surface area (Å²) in [6.07, 6.45) is 5.09. The van der Waals surface area contributed by atoms with E-state index in [2.05, 4.69) is 38.2 Å². The SMILES string of the molecule is CCCC(CCc1ccc(C)s1)NCC. The van der Waals surface area contributed by atoms with E-state index in [4.69, 9.17) is 0 Å². The van der Waals surface area contributed by atoms with Gasteiger partial charge in [-0.1, -0.05) is 20.3 Å². The van der Waals surface area contributed by atoms with Gasteiger partial charge in [0.25, 0.3) is 0 Å². The van der Waals surface area contributed by atoms with Crippen LogP contribution in [0.3, 0.4) is 0 Å². The molecule has 15 heavy (non-hydrogen) atoms. The average molecular weight is 225 g/mol. The first-order chi connectivity index (χ1) is 7.26. The summed E-state index contributed by atoms with van der Waals surface area (Å²) in [5.74, 6) is 0. The third-order valence-corrected chi connectivity index (χ3v) is 3.73. The third-order valence-electron chi connectivity index (χ3n) is 2.67. The molecule has 1 atom stereocenters. The Kier molecular flexibility index (Phi) is 5.96. The second-order valence-corrected chi connectivity index (χ2v) is 5.47. The summed E-state index contributed by atoms with van der Waals surface area (Å²) in [5, 5.41) is 3.57. The molecule has 0 aliphatic carbocycles. The number of aryl methyl sites for hydroxylation is 2. The van der Waals surface area contributed by atoms with Crippen molar-refractivity contribution in [2.24, 2.45) is 0 Å². The summed E-state index contributed by atoms with van der Waals surface area (Å²) in [6.45, 7) is 7.73. The zero-order valence-corrected chi connectivity index (χ0v) is 11.0. The van der Waals surface area contributed by atoms with Crippen LogP contribution in [0, 0.1) is 6.92 Å². The fourth-order valence-electron chi connectivity index (χ4n) is 1.92. The van der Waals surface area contributed by atoms with Crippen LogP contribution in [-0.2, 0) is 6.42 Å². The van der Waals surface area contributed by atoms with Crippen LogP contribution >= 0.6 is 11.3 Å². The van der Waals surface area contributed by atoms with Gasteiger partial charge < -0.3 is 5.32 Å². The van der Waals surface area contributed by atoms with Crippen molar-refractivity contribution in [3.63, 3.8) is 0 Å². The Labute approximate surface area is 97.9 Å². The minimum absolute atomic E-state index is 0.711. The van der Waals surface area contributed by atoms with Crippen LogP contribution in [0.15, 0.2) is 12.1 Å². The first-order valence-corrected chi connectivity index (χ1v) is 6.86. The Balaban J connectivity index is 2.32. The molecule has 0 aliphatic rings. The maximum absolute atomic E-state index is 3.57. The predicted octanol–water partition coefficient (Wildman–Crippen LogP) is 3.77. The van der Waals surface area contributed by atoms with E-state index in [9.17, 15) is 0 Å². The van der Waals surface area contributed by atoms with Gasteiger partial charge in [-0.15, -0.1) is 11.3 Å². The van der Waals surface area contributed by atoms with Crippen molar-refractivity contribution in [2.75, 3.05) is 6.54 Å². The second-order valence-electron chi connectivity index (χ2n) is 4.09. The number of nitrogens with one attached hydrogen (secondary N) is 1. The van der Waals surface area contributed by atoms with Crippen molar-refractivity contribution in [1.29, 1.82) is 0 Å². The van der Waals surface area contributed by atoms with Crippen LogP contribution in [0.5, 0.6) is 0 Å². The van der Waals surface area contributed by atoms with Crippen molar-refractivity contribution in [3.8, 4) is 0 Å². The van der Waals surface area contributed by atoms with E-state index in [1.807, 2.05) is 11.3 Å². The molecule has 86 valence electrons. The van der Waals surface area contributed by atoms with Crippen LogP contribution in [0.1, 0.15) is 42.9 Å². The molecule has 0 radical (unpaired) electrons. The van der Waals surface area contributed by atoms with Crippen molar-refractivity contribution >= 4 is 11.3 Å². The molecule has 1 rings (SSSR count). The summed E-state index contributed by atoms with van der Waals surface area (Å²) < 4.78 is 0. The van der Waals surface area contributed by atoms with Crippen LogP contribution in [-0.4, -0.2) is 12.6 Å². The van der Waals surface area contributed by atoms with Gasteiger partial charge in [-0.2, -0.15) is 0 Å². The van der Waals surface area contributed by atoms with E-state index in [1.165, 1.54) is 35.4 Å². The van der Waals surface area contributed by atoms with Crippen molar-refractivity contribution in [1.82, 2.24) is 5.32 Å². The summed E-state index contributed by atoms with van der Waals surface area (Å²) >= 11 is 1.94. The Hall–Kier alpha value is -0.340. The van der Waals surface area contributed by atoms with Crippen LogP contribution in [0.2, 0.25) is 0 Å². The van der Waals surface area contributed by atoms with Gasteiger partial charge in [-0.3, -0.25) is 0 Å². The lowest BCUT2D eigenvalue weighted by Crippen LogP contribution is -2.29. The molecular weight excluding hydrogens is 202 g/mol. The molecule has 0 saturated carbocycles. The Bertz CT molecular complexity index is 261. The predicted molar refractivity (Wildman–Crippen MR) is 69.7 cm³/mol. The van der Waals surface area contributed by atoms with Crippen molar-refractivity contribution < 1.29 is 0 Å². The molecule has 0 amide bonds. The summed E-state index contributed by atoms with van der Waals surface area (Å²) in [5.41, 5.74) is 0. The van der Waals surface area contributed by atoms with Gasteiger partial charge in [0.15, 0.2) is 0 Å². The molecule has 1 unspecified atom stereocenters. The number of rotatable bonds is 7. The minimum Gasteiger partial charge on any atom is -0.314 e. The van der Waals surface area contributed by atoms with Crippen LogP contribution in [0.4, 0.5) is 0 Å². The molecule has 1 heterocycles. The molecule has 1 nitrogen and oxygen atoms in total. The highest BCUT2D eigenvalue weighted by atomic mass is 32.1. The lowest BCUT2D eigenvalue weighted by atomic mass is 10.1. The molecule has 1 N–H and O–H groups in total. The normalized spacial score (nSPS) is 13.0. The number of hydrogen-bond acceptors (Lipinski definition) is 2. The molecule has 0 spiro atoms. The van der Waals surface area contributed by atoms with Gasteiger partial charge in [-0.05, 0) is 44.9 Å². The molecule has 2 heteroatoms. The molecule has 0 fully saturated rings. The first-order valence-electron chi connectivity index (χ1n) is 6.05. The molecule has 1 aromatic rings. The van der Waals surface area contributed by atoms with Gasteiger partial charge in [0.2, 0.25) is 0 Å². The van der Waals surface area contributed by atoms with E-state index in [0.29, 0.717) is 6.04 Å². The Morgan fingerprint density at radius 1 is 1.27 bits per heavy atom. The maximum atomic E-state index is 3.57. The van der Waals surface area contributed by atoms with Crippen molar-refractivity contribution in [2.45, 2.75) is 52.5 Å². The summed E-state index contributed by atoms with van der Waals surface area (Å²) in [7, 11) is 0. The fourth-order valence-corrected chi connectivity index (χ4v) is 2.83. The Morgan fingerprint density at radius 2 is 2.07 bits per heavy atom. The zero-order chi connectivity index (χ0) is 11.1. The van der Waals surface area contributed by atoms with E-state index in [-0.39, 0.29) is 0 Å². The largest absolute Gasteiger partial charge is 0.314 e. The standard InChI is InChI=1S/C13H23NS/c1-4-6-12(14-5-2)8-10-13-9-7-11(3)15-13/h7,9,12,14H,4-6,8,10H2,1-3H3. The van der Waals surface area contributed by atoms with E-state index >= 15 is 0 Å². The van der Waals surface area contributed by atoms with Crippen molar-refractivity contribution in [3.05, 3.63) is 21.9 Å². The van der Waals surface area contributed by atoms with Gasteiger partial charge in [0.1, 0.15) is 0 Å². The topological polar surface area (TPSA) is 12.0 Å². The lowest BCUT2D eigenvalue weighted by molar-refractivity contribution is 0.461. The highest BCUT2D eigenvalue weighted by molar-refractivity contribution is 7.11. The smallest absolute Gasteiger partial charge is 0.00703 e. The van der Waals surface area contributed by atoms with E-state index in [0.717, 1.165) is 6.54 Å². The highest BCUT2D eigenvalue weighted by Gasteiger charge is 2.06. The van der Waals surface area contributed by atoms with Gasteiger partial charge in [0, 0.05) is 15.8 Å². The monoisotopic (exact) mass is 225 g/mol. The molecule has 0 aromatic carbocycles. The van der Waals surface area contributed by atoms with Crippen LogP contribution in [0.25, 0.3) is 0 Å². The Morgan fingerprint density at radius 3 is 2.60 bits per heavy atom. The lowest BCUT2D eigenvalue weighted by Gasteiger charge is -2.16. The van der Waals surface area contributed by atoms with Gasteiger partial charge >= 0.3 is 0 Å². The van der Waals surface area contributed by atoms with Gasteiger partial charge in [0.05, 0.1) is 0 Å². The van der Waals surface area contributed by atoms with E-state index < -0.39 is 0 Å². The molecule has 1 aromatic heterocycles. The van der Waals surface area contributed by atoms with Crippen LogP contribution < -0.4 is 5.32 Å². The fraction of sp³-hybridized carbons (Fsp3) is 0.692. The number of thiophene rings is 1. The quantitative estimate of drug-likeness (QED) is 0.745. The summed E-state index contributed by atoms with van der Waals surface area (Å²) in [4.78, 5) is 2.96. The number of hydrogen-bond donors (Lipinski definition) is 1. The highest BCUT2D eigenvalue weighted by Crippen LogP contribution is 2.18. The van der Waals surface area contributed by atoms with Gasteiger partial charge in [-0.25, -0.2) is 0 Å². The summed E-state index contributed by atoms with van der Waals surface area (Å²) in [6, 6.07) is 5.21. The average Bonchev–Trinajstić information content (AvgIpc) is 2.61. The maximum Gasteiger partial charge on any atom is 0.00703 e. The molecular formula is C13H23NS. The second kappa shape index (κ2) is 7.02. The third kappa shape index (κ3) is 4.80. The minimum atomic E-state index is 0.711. The molecule has 0 saturated heterocycles. The zero-order valence-electron chi connectivity index (χ0n) is 10.2. The molecule has 0 aliphatic heterocycles. The van der Waals surface area contributed by atoms with E-state index in [1.54, 1.807) is 0 Å². The first kappa shape index (κ1) is 12.7.